The number of hydrogen-bond donors (Lipinski definition) is 2. The van der Waals surface area contributed by atoms with Gasteiger partial charge in [-0.15, -0.1) is 11.3 Å². The average molecular weight is 300 g/mol. The Balaban J connectivity index is 1.60. The van der Waals surface area contributed by atoms with E-state index in [4.69, 9.17) is 0 Å². The van der Waals surface area contributed by atoms with Crippen LogP contribution < -0.4 is 5.32 Å². The number of carbonyl (C=O) groups excluding carboxylic acids is 1. The summed E-state index contributed by atoms with van der Waals surface area (Å²) in [6.45, 7) is 4.32. The van der Waals surface area contributed by atoms with E-state index >= 15 is 0 Å². The molecule has 0 unspecified atom stereocenters. The second-order valence-electron chi connectivity index (χ2n) is 4.85. The highest BCUT2D eigenvalue weighted by atomic mass is 32.1. The van der Waals surface area contributed by atoms with E-state index in [-0.39, 0.29) is 5.91 Å². The van der Waals surface area contributed by atoms with Gasteiger partial charge in [0, 0.05) is 13.0 Å². The predicted molar refractivity (Wildman–Crippen MR) is 83.7 cm³/mol. The van der Waals surface area contributed by atoms with Crippen molar-refractivity contribution in [2.24, 2.45) is 0 Å². The van der Waals surface area contributed by atoms with Gasteiger partial charge in [0.05, 0.1) is 21.7 Å². The van der Waals surface area contributed by atoms with Crippen LogP contribution in [0.2, 0.25) is 0 Å². The normalized spacial score (nSPS) is 11.0. The monoisotopic (exact) mass is 300 g/mol. The number of carbonyl (C=O) groups is 1. The number of H-pyrrole nitrogens is 1. The molecule has 0 bridgehead atoms. The maximum Gasteiger partial charge on any atom is 0.263 e. The summed E-state index contributed by atoms with van der Waals surface area (Å²) in [7, 11) is 0. The fraction of sp³-hybridized carbons (Fsp3) is 0.267. The van der Waals surface area contributed by atoms with Crippen LogP contribution in [0.25, 0.3) is 11.0 Å². The van der Waals surface area contributed by atoms with Gasteiger partial charge in [-0.1, -0.05) is 12.1 Å². The minimum absolute atomic E-state index is 0.0609. The lowest BCUT2D eigenvalue weighted by atomic mass is 10.3. The van der Waals surface area contributed by atoms with E-state index in [0.717, 1.165) is 27.6 Å². The fourth-order valence-electron chi connectivity index (χ4n) is 2.24. The van der Waals surface area contributed by atoms with Crippen LogP contribution >= 0.6 is 11.3 Å². The first-order chi connectivity index (χ1) is 10.1. The number of fused-ring (bicyclic) bond motifs is 1. The highest BCUT2D eigenvalue weighted by Gasteiger charge is 2.13. The molecule has 0 spiro atoms. The van der Waals surface area contributed by atoms with Crippen LogP contribution in [-0.2, 0) is 6.42 Å². The molecule has 2 N–H and O–H groups in total. The molecule has 0 aliphatic carbocycles. The Kier molecular flexibility index (Phi) is 3.70. The van der Waals surface area contributed by atoms with E-state index < -0.39 is 0 Å². The van der Waals surface area contributed by atoms with E-state index in [2.05, 4.69) is 20.3 Å². The molecule has 0 aliphatic heterocycles. The molecule has 0 atom stereocenters. The Labute approximate surface area is 126 Å². The number of benzene rings is 1. The average Bonchev–Trinajstić information content (AvgIpc) is 3.01. The molecule has 0 aliphatic rings. The van der Waals surface area contributed by atoms with Crippen molar-refractivity contribution in [3.05, 3.63) is 45.7 Å². The number of nitrogens with one attached hydrogen (secondary N) is 2. The molecular weight excluding hydrogens is 284 g/mol. The van der Waals surface area contributed by atoms with Crippen molar-refractivity contribution in [1.29, 1.82) is 0 Å². The zero-order chi connectivity index (χ0) is 14.8. The third-order valence-electron chi connectivity index (χ3n) is 3.20. The van der Waals surface area contributed by atoms with Crippen LogP contribution in [0, 0.1) is 13.8 Å². The third kappa shape index (κ3) is 2.95. The predicted octanol–water partition coefficient (Wildman–Crippen LogP) is 2.61. The molecule has 1 aromatic carbocycles. The lowest BCUT2D eigenvalue weighted by Gasteiger charge is -2.02. The maximum atomic E-state index is 12.1. The second-order valence-corrected chi connectivity index (χ2v) is 6.06. The highest BCUT2D eigenvalue weighted by molar-refractivity contribution is 7.13. The Hall–Kier alpha value is -2.21. The summed E-state index contributed by atoms with van der Waals surface area (Å²) in [5.74, 6) is 0.822. The number of nitrogens with zero attached hydrogens (tertiary/aromatic N) is 2. The highest BCUT2D eigenvalue weighted by Crippen LogP contribution is 2.16. The minimum Gasteiger partial charge on any atom is -0.351 e. The molecule has 1 amide bonds. The SMILES string of the molecule is Cc1nc(C)c(C(=O)NCCc2nc3ccccc3[nH]2)s1. The van der Waals surface area contributed by atoms with Crippen molar-refractivity contribution in [1.82, 2.24) is 20.3 Å². The number of amides is 1. The van der Waals surface area contributed by atoms with Gasteiger partial charge >= 0.3 is 0 Å². The van der Waals surface area contributed by atoms with Crippen LogP contribution in [0.15, 0.2) is 24.3 Å². The number of imidazole rings is 1. The van der Waals surface area contributed by atoms with Gasteiger partial charge in [0.15, 0.2) is 0 Å². The van der Waals surface area contributed by atoms with Gasteiger partial charge in [-0.05, 0) is 26.0 Å². The van der Waals surface area contributed by atoms with Gasteiger partial charge in [-0.2, -0.15) is 0 Å². The van der Waals surface area contributed by atoms with E-state index in [9.17, 15) is 4.79 Å². The topological polar surface area (TPSA) is 70.7 Å². The summed E-state index contributed by atoms with van der Waals surface area (Å²) in [5.41, 5.74) is 2.76. The molecule has 0 radical (unpaired) electrons. The van der Waals surface area contributed by atoms with E-state index in [0.29, 0.717) is 17.8 Å². The molecule has 108 valence electrons. The van der Waals surface area contributed by atoms with Gasteiger partial charge in [-0.3, -0.25) is 4.79 Å². The zero-order valence-electron chi connectivity index (χ0n) is 11.9. The summed E-state index contributed by atoms with van der Waals surface area (Å²) in [5, 5.41) is 3.83. The van der Waals surface area contributed by atoms with Crippen LogP contribution in [0.4, 0.5) is 0 Å². The van der Waals surface area contributed by atoms with Gasteiger partial charge in [0.1, 0.15) is 10.7 Å². The van der Waals surface area contributed by atoms with Crippen molar-refractivity contribution < 1.29 is 4.79 Å². The van der Waals surface area contributed by atoms with Gasteiger partial charge in [0.25, 0.3) is 5.91 Å². The van der Waals surface area contributed by atoms with Crippen LogP contribution in [0.3, 0.4) is 0 Å². The summed E-state index contributed by atoms with van der Waals surface area (Å²) >= 11 is 1.43. The number of para-hydroxylation sites is 2. The van der Waals surface area contributed by atoms with Crippen molar-refractivity contribution >= 4 is 28.3 Å². The van der Waals surface area contributed by atoms with Crippen molar-refractivity contribution in [3.8, 4) is 0 Å². The second kappa shape index (κ2) is 5.65. The molecule has 2 aromatic heterocycles. The minimum atomic E-state index is -0.0609. The molecule has 5 nitrogen and oxygen atoms in total. The van der Waals surface area contributed by atoms with Crippen LogP contribution in [0.5, 0.6) is 0 Å². The molecule has 0 fully saturated rings. The van der Waals surface area contributed by atoms with Gasteiger partial charge < -0.3 is 10.3 Å². The lowest BCUT2D eigenvalue weighted by molar-refractivity contribution is 0.0957. The number of rotatable bonds is 4. The number of aromatic nitrogens is 3. The summed E-state index contributed by atoms with van der Waals surface area (Å²) in [6, 6.07) is 7.90. The van der Waals surface area contributed by atoms with Crippen molar-refractivity contribution in [2.45, 2.75) is 20.3 Å². The third-order valence-corrected chi connectivity index (χ3v) is 4.27. The molecule has 3 aromatic rings. The fourth-order valence-corrected chi connectivity index (χ4v) is 3.08. The smallest absolute Gasteiger partial charge is 0.263 e. The Morgan fingerprint density at radius 1 is 1.29 bits per heavy atom. The Morgan fingerprint density at radius 3 is 2.81 bits per heavy atom. The van der Waals surface area contributed by atoms with Crippen molar-refractivity contribution in [2.75, 3.05) is 6.54 Å². The van der Waals surface area contributed by atoms with Crippen LogP contribution in [-0.4, -0.2) is 27.4 Å². The number of hydrogen-bond acceptors (Lipinski definition) is 4. The largest absolute Gasteiger partial charge is 0.351 e. The summed E-state index contributed by atoms with van der Waals surface area (Å²) < 4.78 is 0. The van der Waals surface area contributed by atoms with Crippen molar-refractivity contribution in [3.63, 3.8) is 0 Å². The molecule has 2 heterocycles. The van der Waals surface area contributed by atoms with E-state index in [1.807, 2.05) is 38.1 Å². The summed E-state index contributed by atoms with van der Waals surface area (Å²) in [4.78, 5) is 24.8. The van der Waals surface area contributed by atoms with E-state index in [1.165, 1.54) is 11.3 Å². The quantitative estimate of drug-likeness (QED) is 0.778. The number of thiazole rings is 1. The Bertz CT molecular complexity index is 757. The van der Waals surface area contributed by atoms with Gasteiger partial charge in [-0.25, -0.2) is 9.97 Å². The molecular formula is C15H16N4OS. The van der Waals surface area contributed by atoms with E-state index in [1.54, 1.807) is 0 Å². The summed E-state index contributed by atoms with van der Waals surface area (Å²) in [6.07, 6.45) is 0.678. The molecule has 0 saturated heterocycles. The molecule has 21 heavy (non-hydrogen) atoms. The first kappa shape index (κ1) is 13.8. The number of aromatic amines is 1. The first-order valence-corrected chi connectivity index (χ1v) is 7.61. The van der Waals surface area contributed by atoms with Crippen LogP contribution in [0.1, 0.15) is 26.2 Å². The molecule has 0 saturated carbocycles. The van der Waals surface area contributed by atoms with Gasteiger partial charge in [0.2, 0.25) is 0 Å². The number of aryl methyl sites for hydroxylation is 2. The molecule has 6 heteroatoms. The lowest BCUT2D eigenvalue weighted by Crippen LogP contribution is -2.25. The zero-order valence-corrected chi connectivity index (χ0v) is 12.8. The molecule has 3 rings (SSSR count). The first-order valence-electron chi connectivity index (χ1n) is 6.79. The maximum absolute atomic E-state index is 12.1. The Morgan fingerprint density at radius 2 is 2.10 bits per heavy atom. The standard InChI is InChI=1S/C15H16N4OS/c1-9-14(21-10(2)17-9)15(20)16-8-7-13-18-11-5-3-4-6-12(11)19-13/h3-6H,7-8H2,1-2H3,(H,16,20)(H,18,19).